The lowest BCUT2D eigenvalue weighted by Gasteiger charge is -2.26. The van der Waals surface area contributed by atoms with Crippen LogP contribution in [-0.2, 0) is 11.3 Å². The van der Waals surface area contributed by atoms with Crippen LogP contribution < -0.4 is 21.9 Å². The molecular formula is C20H27BrN4O3S. The molecule has 3 N–H and O–H groups in total. The Morgan fingerprint density at radius 1 is 1.17 bits per heavy atom. The first-order valence-electron chi connectivity index (χ1n) is 9.41. The third-order valence-electron chi connectivity index (χ3n) is 4.06. The number of nitrogens with one attached hydrogen (secondary N) is 1. The number of H-pyrrole nitrogens is 1. The SMILES string of the molecule is CC(C)CN(C(=O)CSc1ccc(Br)cc1)c1c(N)n(CC(C)C)c(=O)[nH]c1=O. The van der Waals surface area contributed by atoms with Gasteiger partial charge in [-0.15, -0.1) is 11.8 Å². The molecule has 2 rings (SSSR count). The van der Waals surface area contributed by atoms with E-state index in [1.807, 2.05) is 52.0 Å². The Balaban J connectivity index is 2.38. The maximum Gasteiger partial charge on any atom is 0.330 e. The molecule has 0 atom stereocenters. The molecule has 158 valence electrons. The molecule has 1 aromatic heterocycles. The number of carbonyl (C=O) groups is 1. The van der Waals surface area contributed by atoms with Crippen LogP contribution in [0.5, 0.6) is 0 Å². The number of thioether (sulfide) groups is 1. The summed E-state index contributed by atoms with van der Waals surface area (Å²) in [4.78, 5) is 42.5. The molecule has 0 aliphatic heterocycles. The fraction of sp³-hybridized carbons (Fsp3) is 0.450. The van der Waals surface area contributed by atoms with Crippen molar-refractivity contribution < 1.29 is 4.79 Å². The first kappa shape index (κ1) is 23.3. The van der Waals surface area contributed by atoms with Gasteiger partial charge in [-0.3, -0.25) is 19.1 Å². The van der Waals surface area contributed by atoms with E-state index in [0.717, 1.165) is 9.37 Å². The zero-order valence-corrected chi connectivity index (χ0v) is 19.5. The maximum absolute atomic E-state index is 13.0. The van der Waals surface area contributed by atoms with Gasteiger partial charge in [0, 0.05) is 22.5 Å². The molecule has 1 heterocycles. The molecule has 1 aromatic carbocycles. The van der Waals surface area contributed by atoms with Crippen LogP contribution in [0.3, 0.4) is 0 Å². The van der Waals surface area contributed by atoms with Crippen LogP contribution in [0, 0.1) is 11.8 Å². The number of hydrogen-bond acceptors (Lipinski definition) is 5. The summed E-state index contributed by atoms with van der Waals surface area (Å²) < 4.78 is 2.28. The number of aromatic nitrogens is 2. The monoisotopic (exact) mass is 482 g/mol. The second-order valence-electron chi connectivity index (χ2n) is 7.64. The van der Waals surface area contributed by atoms with Crippen LogP contribution in [0.25, 0.3) is 0 Å². The van der Waals surface area contributed by atoms with Crippen LogP contribution in [-0.4, -0.2) is 27.8 Å². The van der Waals surface area contributed by atoms with Crippen molar-refractivity contribution in [2.45, 2.75) is 39.1 Å². The number of anilines is 2. The largest absolute Gasteiger partial charge is 0.383 e. The highest BCUT2D eigenvalue weighted by atomic mass is 79.9. The Kier molecular flexibility index (Phi) is 8.15. The van der Waals surface area contributed by atoms with E-state index < -0.39 is 11.2 Å². The highest BCUT2D eigenvalue weighted by Gasteiger charge is 2.25. The molecule has 0 radical (unpaired) electrons. The number of aromatic amines is 1. The van der Waals surface area contributed by atoms with Gasteiger partial charge >= 0.3 is 5.69 Å². The first-order valence-corrected chi connectivity index (χ1v) is 11.2. The molecule has 0 unspecified atom stereocenters. The van der Waals surface area contributed by atoms with Gasteiger partial charge in [-0.05, 0) is 36.1 Å². The van der Waals surface area contributed by atoms with E-state index in [-0.39, 0.29) is 35.0 Å². The van der Waals surface area contributed by atoms with Crippen molar-refractivity contribution in [3.63, 3.8) is 0 Å². The van der Waals surface area contributed by atoms with Crippen LogP contribution in [0.1, 0.15) is 27.7 Å². The highest BCUT2D eigenvalue weighted by molar-refractivity contribution is 9.10. The van der Waals surface area contributed by atoms with Crippen molar-refractivity contribution in [1.29, 1.82) is 0 Å². The molecule has 0 saturated carbocycles. The van der Waals surface area contributed by atoms with E-state index >= 15 is 0 Å². The minimum Gasteiger partial charge on any atom is -0.383 e. The van der Waals surface area contributed by atoms with E-state index in [1.54, 1.807) is 0 Å². The van der Waals surface area contributed by atoms with Crippen LogP contribution >= 0.6 is 27.7 Å². The maximum atomic E-state index is 13.0. The number of carbonyl (C=O) groups excluding carboxylic acids is 1. The average Bonchev–Trinajstić information content (AvgIpc) is 2.63. The van der Waals surface area contributed by atoms with Gasteiger partial charge in [0.1, 0.15) is 5.82 Å². The van der Waals surface area contributed by atoms with Gasteiger partial charge in [0.15, 0.2) is 5.69 Å². The van der Waals surface area contributed by atoms with Crippen molar-refractivity contribution in [1.82, 2.24) is 9.55 Å². The van der Waals surface area contributed by atoms with E-state index in [9.17, 15) is 14.4 Å². The third-order valence-corrected chi connectivity index (χ3v) is 5.58. The molecule has 2 aromatic rings. The zero-order valence-electron chi connectivity index (χ0n) is 17.1. The Labute approximate surface area is 182 Å². The summed E-state index contributed by atoms with van der Waals surface area (Å²) >= 11 is 4.77. The van der Waals surface area contributed by atoms with Crippen molar-refractivity contribution in [3.8, 4) is 0 Å². The van der Waals surface area contributed by atoms with Crippen molar-refractivity contribution in [3.05, 3.63) is 49.6 Å². The second-order valence-corrected chi connectivity index (χ2v) is 9.60. The summed E-state index contributed by atoms with van der Waals surface area (Å²) in [5, 5.41) is 0. The summed E-state index contributed by atoms with van der Waals surface area (Å²) in [6.45, 7) is 8.48. The van der Waals surface area contributed by atoms with Crippen LogP contribution in [0.2, 0.25) is 0 Å². The van der Waals surface area contributed by atoms with Gasteiger partial charge in [-0.2, -0.15) is 0 Å². The molecule has 7 nitrogen and oxygen atoms in total. The molecule has 0 aliphatic rings. The lowest BCUT2D eigenvalue weighted by molar-refractivity contribution is -0.116. The topological polar surface area (TPSA) is 101 Å². The second kappa shape index (κ2) is 10.2. The number of hydrogen-bond donors (Lipinski definition) is 2. The quantitative estimate of drug-likeness (QED) is 0.561. The lowest BCUT2D eigenvalue weighted by Crippen LogP contribution is -2.43. The minimum atomic E-state index is -0.643. The average molecular weight is 483 g/mol. The molecule has 0 fully saturated rings. The molecule has 29 heavy (non-hydrogen) atoms. The molecule has 0 aliphatic carbocycles. The summed E-state index contributed by atoms with van der Waals surface area (Å²) in [7, 11) is 0. The predicted octanol–water partition coefficient (Wildman–Crippen LogP) is 3.32. The minimum absolute atomic E-state index is 0.0232. The van der Waals surface area contributed by atoms with E-state index in [4.69, 9.17) is 5.73 Å². The summed E-state index contributed by atoms with van der Waals surface area (Å²) in [5.74, 6) is 0.196. The van der Waals surface area contributed by atoms with Crippen LogP contribution in [0.15, 0.2) is 43.2 Å². The number of nitrogens with zero attached hydrogens (tertiary/aromatic N) is 2. The van der Waals surface area contributed by atoms with Gasteiger partial charge in [0.2, 0.25) is 5.91 Å². The number of nitrogens with two attached hydrogens (primary N) is 1. The summed E-state index contributed by atoms with van der Waals surface area (Å²) in [5.41, 5.74) is 5.04. The van der Waals surface area contributed by atoms with Crippen molar-refractivity contribution in [2.75, 3.05) is 22.9 Å². The van der Waals surface area contributed by atoms with E-state index in [0.29, 0.717) is 13.1 Å². The zero-order chi connectivity index (χ0) is 21.7. The Morgan fingerprint density at radius 3 is 2.34 bits per heavy atom. The third kappa shape index (κ3) is 6.24. The molecule has 0 bridgehead atoms. The molecule has 1 amide bonds. The molecular weight excluding hydrogens is 456 g/mol. The van der Waals surface area contributed by atoms with Gasteiger partial charge in [-0.1, -0.05) is 43.6 Å². The molecule has 9 heteroatoms. The molecule has 0 saturated heterocycles. The number of nitrogen functional groups attached to an aromatic ring is 1. The predicted molar refractivity (Wildman–Crippen MR) is 123 cm³/mol. The first-order chi connectivity index (χ1) is 13.6. The van der Waals surface area contributed by atoms with Gasteiger partial charge in [0.05, 0.1) is 5.75 Å². The molecule has 0 spiro atoms. The summed E-state index contributed by atoms with van der Waals surface area (Å²) in [6, 6.07) is 7.64. The van der Waals surface area contributed by atoms with Crippen molar-refractivity contribution in [2.24, 2.45) is 11.8 Å². The Morgan fingerprint density at radius 2 is 1.79 bits per heavy atom. The number of amides is 1. The smallest absolute Gasteiger partial charge is 0.330 e. The fourth-order valence-corrected chi connectivity index (χ4v) is 3.86. The number of halogens is 1. The Hall–Kier alpha value is -2.00. The van der Waals surface area contributed by atoms with E-state index in [2.05, 4.69) is 20.9 Å². The van der Waals surface area contributed by atoms with Gasteiger partial charge in [-0.25, -0.2) is 4.79 Å². The summed E-state index contributed by atoms with van der Waals surface area (Å²) in [6.07, 6.45) is 0. The number of rotatable bonds is 8. The number of benzene rings is 1. The normalized spacial score (nSPS) is 11.3. The van der Waals surface area contributed by atoms with E-state index in [1.165, 1.54) is 21.2 Å². The van der Waals surface area contributed by atoms with Gasteiger partial charge < -0.3 is 10.6 Å². The van der Waals surface area contributed by atoms with Crippen molar-refractivity contribution >= 4 is 45.1 Å². The Bertz CT molecular complexity index is 967. The standard InChI is InChI=1S/C20H27BrN4O3S/c1-12(2)9-24(16(26)11-29-15-7-5-14(21)6-8-15)17-18(22)25(10-13(3)4)20(28)23-19(17)27/h5-8,12-13H,9-11,22H2,1-4H3,(H,23,27,28). The lowest BCUT2D eigenvalue weighted by atomic mass is 10.2. The van der Waals surface area contributed by atoms with Gasteiger partial charge in [0.25, 0.3) is 5.56 Å². The highest BCUT2D eigenvalue weighted by Crippen LogP contribution is 2.24. The van der Waals surface area contributed by atoms with Crippen LogP contribution in [0.4, 0.5) is 11.5 Å². The fourth-order valence-electron chi connectivity index (χ4n) is 2.82.